The van der Waals surface area contributed by atoms with Crippen molar-refractivity contribution in [2.75, 3.05) is 7.11 Å². The minimum Gasteiger partial charge on any atom is -0.481 e. The Kier molecular flexibility index (Phi) is 2.47. The summed E-state index contributed by atoms with van der Waals surface area (Å²) in [5, 5.41) is 6.61. The molecule has 21 heavy (non-hydrogen) atoms. The Morgan fingerprint density at radius 3 is 2.95 bits per heavy atom. The molecule has 0 aliphatic rings. The normalized spacial score (nSPS) is 11.3. The second kappa shape index (κ2) is 4.34. The van der Waals surface area contributed by atoms with E-state index < -0.39 is 0 Å². The number of hydrogen-bond donors (Lipinski definition) is 1. The molecule has 0 radical (unpaired) electrons. The van der Waals surface area contributed by atoms with Gasteiger partial charge >= 0.3 is 0 Å². The van der Waals surface area contributed by atoms with Crippen molar-refractivity contribution in [2.45, 2.75) is 0 Å². The van der Waals surface area contributed by atoms with Gasteiger partial charge < -0.3 is 9.72 Å². The molecule has 0 unspecified atom stereocenters. The summed E-state index contributed by atoms with van der Waals surface area (Å²) in [4.78, 5) is 7.61. The second-order valence-electron chi connectivity index (χ2n) is 5.03. The van der Waals surface area contributed by atoms with Crippen molar-refractivity contribution >= 4 is 21.9 Å². The zero-order valence-corrected chi connectivity index (χ0v) is 11.8. The predicted octanol–water partition coefficient (Wildman–Crippen LogP) is 3.13. The molecule has 0 fully saturated rings. The van der Waals surface area contributed by atoms with Crippen LogP contribution in [0.25, 0.3) is 33.1 Å². The van der Waals surface area contributed by atoms with Crippen molar-refractivity contribution in [1.29, 1.82) is 0 Å². The molecule has 0 saturated heterocycles. The SMILES string of the molecule is COc1ccc2c(-c3ccc4nn(C)cc4c3)c[nH]c2n1. The monoisotopic (exact) mass is 278 g/mol. The van der Waals surface area contributed by atoms with Crippen molar-refractivity contribution in [3.8, 4) is 17.0 Å². The first-order valence-electron chi connectivity index (χ1n) is 6.70. The van der Waals surface area contributed by atoms with Crippen molar-refractivity contribution in [3.63, 3.8) is 0 Å². The Morgan fingerprint density at radius 1 is 1.19 bits per heavy atom. The Hall–Kier alpha value is -2.82. The first-order valence-corrected chi connectivity index (χ1v) is 6.70. The zero-order chi connectivity index (χ0) is 14.4. The van der Waals surface area contributed by atoms with E-state index in [1.54, 1.807) is 7.11 Å². The lowest BCUT2D eigenvalue weighted by atomic mass is 10.0. The number of benzene rings is 1. The summed E-state index contributed by atoms with van der Waals surface area (Å²) < 4.78 is 6.98. The quantitative estimate of drug-likeness (QED) is 0.613. The lowest BCUT2D eigenvalue weighted by Gasteiger charge is -2.01. The third-order valence-corrected chi connectivity index (χ3v) is 3.65. The van der Waals surface area contributed by atoms with Crippen LogP contribution in [0, 0.1) is 0 Å². The van der Waals surface area contributed by atoms with E-state index in [-0.39, 0.29) is 0 Å². The van der Waals surface area contributed by atoms with Crippen LogP contribution >= 0.6 is 0 Å². The lowest BCUT2D eigenvalue weighted by molar-refractivity contribution is 0.399. The molecule has 4 rings (SSSR count). The molecule has 5 nitrogen and oxygen atoms in total. The molecule has 0 saturated carbocycles. The van der Waals surface area contributed by atoms with E-state index in [2.05, 4.69) is 27.2 Å². The van der Waals surface area contributed by atoms with Gasteiger partial charge in [-0.1, -0.05) is 6.07 Å². The highest BCUT2D eigenvalue weighted by Crippen LogP contribution is 2.30. The van der Waals surface area contributed by atoms with Gasteiger partial charge in [-0.05, 0) is 23.8 Å². The van der Waals surface area contributed by atoms with Crippen LogP contribution in [0.3, 0.4) is 0 Å². The smallest absolute Gasteiger partial charge is 0.214 e. The Balaban J connectivity index is 1.90. The fourth-order valence-electron chi connectivity index (χ4n) is 2.66. The van der Waals surface area contributed by atoms with Gasteiger partial charge in [0, 0.05) is 41.8 Å². The van der Waals surface area contributed by atoms with Crippen LogP contribution in [-0.2, 0) is 7.05 Å². The van der Waals surface area contributed by atoms with Crippen molar-refractivity contribution < 1.29 is 4.74 Å². The average Bonchev–Trinajstić information content (AvgIpc) is 3.07. The number of pyridine rings is 1. The standard InChI is InChI=1S/C16H14N4O/c1-20-9-11-7-10(3-5-14(11)19-20)13-8-17-16-12(13)4-6-15(18-16)21-2/h3-9H,1-2H3,(H,17,18). The molecular weight excluding hydrogens is 264 g/mol. The van der Waals surface area contributed by atoms with Crippen LogP contribution in [0.15, 0.2) is 42.7 Å². The fraction of sp³-hybridized carbons (Fsp3) is 0.125. The molecule has 0 spiro atoms. The Labute approximate surface area is 121 Å². The maximum absolute atomic E-state index is 5.16. The van der Waals surface area contributed by atoms with Gasteiger partial charge in [-0.15, -0.1) is 0 Å². The number of methoxy groups -OCH3 is 1. The van der Waals surface area contributed by atoms with Gasteiger partial charge in [0.25, 0.3) is 0 Å². The van der Waals surface area contributed by atoms with Crippen molar-refractivity contribution in [2.24, 2.45) is 7.05 Å². The highest BCUT2D eigenvalue weighted by atomic mass is 16.5. The number of H-pyrrole nitrogens is 1. The van der Waals surface area contributed by atoms with E-state index in [0.717, 1.165) is 33.1 Å². The molecular formula is C16H14N4O. The van der Waals surface area contributed by atoms with Crippen LogP contribution in [0.2, 0.25) is 0 Å². The Bertz CT molecular complexity index is 951. The van der Waals surface area contributed by atoms with E-state index in [1.165, 1.54) is 0 Å². The molecule has 1 aromatic carbocycles. The molecule has 0 aliphatic heterocycles. The third-order valence-electron chi connectivity index (χ3n) is 3.65. The van der Waals surface area contributed by atoms with E-state index in [4.69, 9.17) is 4.74 Å². The number of aryl methyl sites for hydroxylation is 1. The molecule has 104 valence electrons. The molecule has 5 heteroatoms. The number of ether oxygens (including phenoxy) is 1. The number of aromatic nitrogens is 4. The zero-order valence-electron chi connectivity index (χ0n) is 11.8. The maximum atomic E-state index is 5.16. The number of nitrogens with zero attached hydrogens (tertiary/aromatic N) is 3. The topological polar surface area (TPSA) is 55.7 Å². The fourth-order valence-corrected chi connectivity index (χ4v) is 2.66. The van der Waals surface area contributed by atoms with Gasteiger partial charge in [-0.2, -0.15) is 10.1 Å². The van der Waals surface area contributed by atoms with Crippen molar-refractivity contribution in [1.82, 2.24) is 19.7 Å². The number of rotatable bonds is 2. The van der Waals surface area contributed by atoms with E-state index in [1.807, 2.05) is 42.3 Å². The van der Waals surface area contributed by atoms with E-state index >= 15 is 0 Å². The van der Waals surface area contributed by atoms with Gasteiger partial charge in [0.2, 0.25) is 5.88 Å². The van der Waals surface area contributed by atoms with Gasteiger partial charge in [0.05, 0.1) is 12.6 Å². The first-order chi connectivity index (χ1) is 10.2. The highest BCUT2D eigenvalue weighted by molar-refractivity contribution is 5.96. The van der Waals surface area contributed by atoms with Crippen LogP contribution in [0.4, 0.5) is 0 Å². The summed E-state index contributed by atoms with van der Waals surface area (Å²) in [5.74, 6) is 0.610. The van der Waals surface area contributed by atoms with E-state index in [9.17, 15) is 0 Å². The number of fused-ring (bicyclic) bond motifs is 2. The number of nitrogens with one attached hydrogen (secondary N) is 1. The highest BCUT2D eigenvalue weighted by Gasteiger charge is 2.09. The molecule has 0 atom stereocenters. The van der Waals surface area contributed by atoms with Gasteiger partial charge in [0.1, 0.15) is 5.65 Å². The molecule has 0 aliphatic carbocycles. The molecule has 4 aromatic rings. The summed E-state index contributed by atoms with van der Waals surface area (Å²) in [6.45, 7) is 0. The minimum absolute atomic E-state index is 0.610. The summed E-state index contributed by atoms with van der Waals surface area (Å²) in [7, 11) is 3.55. The Morgan fingerprint density at radius 2 is 2.10 bits per heavy atom. The molecule has 3 aromatic heterocycles. The third kappa shape index (κ3) is 1.86. The largest absolute Gasteiger partial charge is 0.481 e. The first kappa shape index (κ1) is 12.0. The lowest BCUT2D eigenvalue weighted by Crippen LogP contribution is -1.86. The summed E-state index contributed by atoms with van der Waals surface area (Å²) in [6.07, 6.45) is 4.00. The summed E-state index contributed by atoms with van der Waals surface area (Å²) in [5.41, 5.74) is 4.11. The molecule has 0 amide bonds. The number of aromatic amines is 1. The van der Waals surface area contributed by atoms with E-state index in [0.29, 0.717) is 5.88 Å². The maximum Gasteiger partial charge on any atom is 0.214 e. The summed E-state index contributed by atoms with van der Waals surface area (Å²) in [6, 6.07) is 10.2. The minimum atomic E-state index is 0.610. The van der Waals surface area contributed by atoms with Crippen LogP contribution in [0.5, 0.6) is 5.88 Å². The van der Waals surface area contributed by atoms with Crippen LogP contribution < -0.4 is 4.74 Å². The molecule has 0 bridgehead atoms. The predicted molar refractivity (Wildman–Crippen MR) is 82.4 cm³/mol. The molecule has 3 heterocycles. The van der Waals surface area contributed by atoms with Crippen LogP contribution in [-0.4, -0.2) is 26.9 Å². The van der Waals surface area contributed by atoms with Crippen LogP contribution in [0.1, 0.15) is 0 Å². The second-order valence-corrected chi connectivity index (χ2v) is 5.03. The van der Waals surface area contributed by atoms with Gasteiger partial charge in [-0.3, -0.25) is 4.68 Å². The molecule has 1 N–H and O–H groups in total. The average molecular weight is 278 g/mol. The summed E-state index contributed by atoms with van der Waals surface area (Å²) >= 11 is 0. The van der Waals surface area contributed by atoms with Crippen molar-refractivity contribution in [3.05, 3.63) is 42.7 Å². The van der Waals surface area contributed by atoms with Gasteiger partial charge in [-0.25, -0.2) is 0 Å². The number of hydrogen-bond acceptors (Lipinski definition) is 3. The van der Waals surface area contributed by atoms with Gasteiger partial charge in [0.15, 0.2) is 0 Å².